The summed E-state index contributed by atoms with van der Waals surface area (Å²) in [4.78, 5) is 0. The van der Waals surface area contributed by atoms with Crippen molar-refractivity contribution in [1.82, 2.24) is 0 Å². The molecule has 0 heterocycles. The predicted molar refractivity (Wildman–Crippen MR) is 86.1 cm³/mol. The lowest BCUT2D eigenvalue weighted by Gasteiger charge is -2.41. The molecule has 6 unspecified atom stereocenters. The topological polar surface area (TPSA) is 0 Å². The Balaban J connectivity index is 1.84. The van der Waals surface area contributed by atoms with E-state index in [1.165, 1.54) is 19.8 Å². The fourth-order valence-corrected chi connectivity index (χ4v) is 4.71. The molecule has 0 aromatic carbocycles. The molecule has 0 aliphatic heterocycles. The maximum Gasteiger partial charge on any atom is 0.106 e. The lowest BCUT2D eigenvalue weighted by atomic mass is 9.66. The zero-order chi connectivity index (χ0) is 16.3. The van der Waals surface area contributed by atoms with Crippen LogP contribution in [0.15, 0.2) is 0 Å². The van der Waals surface area contributed by atoms with Gasteiger partial charge < -0.3 is 0 Å². The van der Waals surface area contributed by atoms with Crippen LogP contribution < -0.4 is 0 Å². The van der Waals surface area contributed by atoms with E-state index < -0.39 is 18.5 Å². The average Bonchev–Trinajstić information content (AvgIpc) is 2.47. The van der Waals surface area contributed by atoms with E-state index in [0.717, 1.165) is 31.6 Å². The molecule has 22 heavy (non-hydrogen) atoms. The van der Waals surface area contributed by atoms with E-state index in [2.05, 4.69) is 6.92 Å². The van der Waals surface area contributed by atoms with Gasteiger partial charge in [0.2, 0.25) is 0 Å². The SMILES string of the molecule is CC(F)CC(F)C(C)C1CCC(C2CCC(C)CC2)C(F)C1. The second kappa shape index (κ2) is 8.06. The standard InChI is InChI=1S/C19H33F3/c1-12-4-6-15(7-5-12)17-9-8-16(11-19(17)22)14(3)18(21)10-13(2)20/h12-19H,4-11H2,1-3H3. The summed E-state index contributed by atoms with van der Waals surface area (Å²) in [5, 5.41) is 0. The van der Waals surface area contributed by atoms with Gasteiger partial charge in [0, 0.05) is 6.42 Å². The van der Waals surface area contributed by atoms with E-state index in [1.54, 1.807) is 0 Å². The van der Waals surface area contributed by atoms with E-state index in [4.69, 9.17) is 0 Å². The normalized spacial score (nSPS) is 40.9. The van der Waals surface area contributed by atoms with Gasteiger partial charge in [-0.25, -0.2) is 13.2 Å². The van der Waals surface area contributed by atoms with Crippen LogP contribution >= 0.6 is 0 Å². The molecule has 0 N–H and O–H groups in total. The third-order valence-electron chi connectivity index (χ3n) is 6.39. The van der Waals surface area contributed by atoms with E-state index in [1.807, 2.05) is 6.92 Å². The molecule has 0 aromatic rings. The third kappa shape index (κ3) is 4.64. The number of alkyl halides is 3. The molecule has 0 spiro atoms. The largest absolute Gasteiger partial charge is 0.248 e. The Kier molecular flexibility index (Phi) is 6.64. The Bertz CT molecular complexity index is 323. The molecular formula is C19H33F3. The molecule has 0 amide bonds. The molecule has 3 heteroatoms. The maximum atomic E-state index is 14.7. The van der Waals surface area contributed by atoms with Gasteiger partial charge in [0.05, 0.1) is 0 Å². The molecule has 0 radical (unpaired) electrons. The molecule has 0 aromatic heterocycles. The van der Waals surface area contributed by atoms with E-state index in [0.29, 0.717) is 12.3 Å². The number of hydrogen-bond donors (Lipinski definition) is 0. The van der Waals surface area contributed by atoms with Gasteiger partial charge in [0.25, 0.3) is 0 Å². The van der Waals surface area contributed by atoms with E-state index in [9.17, 15) is 13.2 Å². The van der Waals surface area contributed by atoms with Gasteiger partial charge in [-0.2, -0.15) is 0 Å². The predicted octanol–water partition coefficient (Wildman–Crippen LogP) is 6.29. The second-order valence-electron chi connectivity index (χ2n) is 8.16. The average molecular weight is 318 g/mol. The van der Waals surface area contributed by atoms with Crippen LogP contribution in [0.25, 0.3) is 0 Å². The summed E-state index contributed by atoms with van der Waals surface area (Å²) in [6.45, 7) is 5.53. The van der Waals surface area contributed by atoms with Gasteiger partial charge in [0.15, 0.2) is 0 Å². The highest BCUT2D eigenvalue weighted by Gasteiger charge is 2.39. The van der Waals surface area contributed by atoms with Crippen molar-refractivity contribution in [2.24, 2.45) is 29.6 Å². The Morgan fingerprint density at radius 3 is 2.14 bits per heavy atom. The van der Waals surface area contributed by atoms with Crippen LogP contribution in [-0.2, 0) is 0 Å². The van der Waals surface area contributed by atoms with Gasteiger partial charge >= 0.3 is 0 Å². The summed E-state index contributed by atoms with van der Waals surface area (Å²) in [6.07, 6.45) is 4.01. The van der Waals surface area contributed by atoms with Gasteiger partial charge in [-0.15, -0.1) is 0 Å². The van der Waals surface area contributed by atoms with Crippen LogP contribution in [0.3, 0.4) is 0 Å². The van der Waals surface area contributed by atoms with Gasteiger partial charge in [-0.1, -0.05) is 26.7 Å². The number of rotatable bonds is 5. The van der Waals surface area contributed by atoms with Crippen molar-refractivity contribution in [1.29, 1.82) is 0 Å². The number of hydrogen-bond acceptors (Lipinski definition) is 0. The third-order valence-corrected chi connectivity index (χ3v) is 6.39. The summed E-state index contributed by atoms with van der Waals surface area (Å²) in [5.74, 6) is 1.38. The highest BCUT2D eigenvalue weighted by atomic mass is 19.1. The molecule has 2 aliphatic rings. The minimum absolute atomic E-state index is 0.0431. The van der Waals surface area contributed by atoms with Crippen molar-refractivity contribution in [2.45, 2.75) is 90.7 Å². The van der Waals surface area contributed by atoms with Gasteiger partial charge in [0.1, 0.15) is 18.5 Å². The molecule has 2 aliphatic carbocycles. The minimum atomic E-state index is -1.13. The molecule has 6 atom stereocenters. The highest BCUT2D eigenvalue weighted by molar-refractivity contribution is 4.89. The van der Waals surface area contributed by atoms with Crippen LogP contribution in [0.5, 0.6) is 0 Å². The van der Waals surface area contributed by atoms with E-state index in [-0.39, 0.29) is 24.2 Å². The molecule has 2 fully saturated rings. The molecular weight excluding hydrogens is 285 g/mol. The summed E-state index contributed by atoms with van der Waals surface area (Å²) >= 11 is 0. The zero-order valence-corrected chi connectivity index (χ0v) is 14.4. The van der Waals surface area contributed by atoms with E-state index >= 15 is 0 Å². The van der Waals surface area contributed by atoms with Crippen molar-refractivity contribution in [3.63, 3.8) is 0 Å². The zero-order valence-electron chi connectivity index (χ0n) is 14.4. The second-order valence-corrected chi connectivity index (χ2v) is 8.16. The van der Waals surface area contributed by atoms with Crippen molar-refractivity contribution >= 4 is 0 Å². The lowest BCUT2D eigenvalue weighted by molar-refractivity contribution is 0.0270. The summed E-state index contributed by atoms with van der Waals surface area (Å²) in [7, 11) is 0. The number of halogens is 3. The monoisotopic (exact) mass is 318 g/mol. The summed E-state index contributed by atoms with van der Waals surface area (Å²) in [6, 6.07) is 0. The summed E-state index contributed by atoms with van der Waals surface area (Å²) in [5.41, 5.74) is 0. The Morgan fingerprint density at radius 2 is 1.59 bits per heavy atom. The van der Waals surface area contributed by atoms with Crippen LogP contribution in [0.2, 0.25) is 0 Å². The van der Waals surface area contributed by atoms with Crippen molar-refractivity contribution in [3.8, 4) is 0 Å². The Morgan fingerprint density at radius 1 is 0.955 bits per heavy atom. The van der Waals surface area contributed by atoms with Gasteiger partial charge in [-0.3, -0.25) is 0 Å². The molecule has 2 saturated carbocycles. The molecule has 130 valence electrons. The first-order valence-electron chi connectivity index (χ1n) is 9.30. The fraction of sp³-hybridized carbons (Fsp3) is 1.00. The highest BCUT2D eigenvalue weighted by Crippen LogP contribution is 2.45. The first-order valence-corrected chi connectivity index (χ1v) is 9.30. The first-order chi connectivity index (χ1) is 10.4. The molecule has 0 bridgehead atoms. The van der Waals surface area contributed by atoms with Crippen LogP contribution in [0, 0.1) is 29.6 Å². The first kappa shape index (κ1) is 18.1. The Labute approximate surface area is 134 Å². The Hall–Kier alpha value is -0.210. The lowest BCUT2D eigenvalue weighted by Crippen LogP contribution is -2.37. The van der Waals surface area contributed by atoms with Crippen molar-refractivity contribution < 1.29 is 13.2 Å². The fourth-order valence-electron chi connectivity index (χ4n) is 4.71. The molecule has 0 saturated heterocycles. The minimum Gasteiger partial charge on any atom is -0.248 e. The van der Waals surface area contributed by atoms with Crippen LogP contribution in [0.4, 0.5) is 13.2 Å². The summed E-state index contributed by atoms with van der Waals surface area (Å²) < 4.78 is 41.7. The van der Waals surface area contributed by atoms with Crippen molar-refractivity contribution in [3.05, 3.63) is 0 Å². The molecule has 0 nitrogen and oxygen atoms in total. The quantitative estimate of drug-likeness (QED) is 0.559. The van der Waals surface area contributed by atoms with Gasteiger partial charge in [-0.05, 0) is 68.6 Å². The van der Waals surface area contributed by atoms with Crippen molar-refractivity contribution in [2.75, 3.05) is 0 Å². The smallest absolute Gasteiger partial charge is 0.106 e. The van der Waals surface area contributed by atoms with Crippen LogP contribution in [-0.4, -0.2) is 18.5 Å². The maximum absolute atomic E-state index is 14.7. The molecule has 2 rings (SSSR count). The van der Waals surface area contributed by atoms with Crippen LogP contribution in [0.1, 0.15) is 72.1 Å².